The van der Waals surface area contributed by atoms with Gasteiger partial charge in [0, 0.05) is 26.3 Å². The van der Waals surface area contributed by atoms with Gasteiger partial charge in [0.1, 0.15) is 4.99 Å². The van der Waals surface area contributed by atoms with Crippen LogP contribution in [0.3, 0.4) is 0 Å². The molecule has 0 spiro atoms. The molecule has 0 aliphatic rings. The molecular formula is C15H15BrN2S2. The second-order valence-corrected chi connectivity index (χ2v) is 6.53. The third-order valence-electron chi connectivity index (χ3n) is 2.95. The van der Waals surface area contributed by atoms with Gasteiger partial charge in [-0.1, -0.05) is 34.2 Å². The molecular weight excluding hydrogens is 352 g/mol. The lowest BCUT2D eigenvalue weighted by Crippen LogP contribution is -2.13. The zero-order valence-corrected chi connectivity index (χ0v) is 14.5. The van der Waals surface area contributed by atoms with E-state index in [4.69, 9.17) is 18.0 Å². The van der Waals surface area contributed by atoms with Gasteiger partial charge in [-0.25, -0.2) is 0 Å². The minimum atomic E-state index is 0.409. The topological polar surface area (TPSA) is 38.0 Å². The molecule has 0 aromatic heterocycles. The molecule has 3 N–H and O–H groups in total. The van der Waals surface area contributed by atoms with Crippen molar-refractivity contribution in [3.8, 4) is 0 Å². The third-order valence-corrected chi connectivity index (χ3v) is 4.43. The summed E-state index contributed by atoms with van der Waals surface area (Å²) in [5, 5.41) is 3.42. The summed E-state index contributed by atoms with van der Waals surface area (Å²) in [6.45, 7) is 2.06. The van der Waals surface area contributed by atoms with Gasteiger partial charge in [0.25, 0.3) is 0 Å². The molecule has 5 heteroatoms. The zero-order chi connectivity index (χ0) is 14.7. The van der Waals surface area contributed by atoms with Crippen LogP contribution in [0.2, 0.25) is 0 Å². The summed E-state index contributed by atoms with van der Waals surface area (Å²) < 4.78 is 1.06. The summed E-state index contributed by atoms with van der Waals surface area (Å²) in [4.78, 5) is 1.49. The van der Waals surface area contributed by atoms with Crippen LogP contribution in [0.5, 0.6) is 0 Å². The van der Waals surface area contributed by atoms with E-state index in [0.717, 1.165) is 31.9 Å². The van der Waals surface area contributed by atoms with Crippen LogP contribution in [-0.2, 0) is 0 Å². The van der Waals surface area contributed by atoms with Crippen LogP contribution in [0.1, 0.15) is 11.1 Å². The maximum atomic E-state index is 5.88. The average molecular weight is 367 g/mol. The van der Waals surface area contributed by atoms with E-state index in [-0.39, 0.29) is 0 Å². The van der Waals surface area contributed by atoms with Gasteiger partial charge in [0.15, 0.2) is 0 Å². The number of thioether (sulfide) groups is 1. The van der Waals surface area contributed by atoms with Gasteiger partial charge in [0.2, 0.25) is 0 Å². The number of aryl methyl sites for hydroxylation is 1. The van der Waals surface area contributed by atoms with Crippen LogP contribution in [0.4, 0.5) is 11.4 Å². The standard InChI is InChI=1S/C15H15BrN2S2/c1-9-8-10(16)6-7-11(9)18-12-4-3-5-13(20-2)14(12)15(17)19/h3-8,18H,1-2H3,(H2,17,19). The summed E-state index contributed by atoms with van der Waals surface area (Å²) in [5.41, 5.74) is 9.92. The fourth-order valence-electron chi connectivity index (χ4n) is 1.97. The van der Waals surface area contributed by atoms with E-state index in [9.17, 15) is 0 Å². The van der Waals surface area contributed by atoms with Gasteiger partial charge < -0.3 is 11.1 Å². The number of halogens is 1. The molecule has 0 radical (unpaired) electrons. The molecule has 0 heterocycles. The van der Waals surface area contributed by atoms with Crippen LogP contribution in [0.15, 0.2) is 45.8 Å². The van der Waals surface area contributed by atoms with E-state index in [1.165, 1.54) is 0 Å². The molecule has 2 aromatic carbocycles. The maximum Gasteiger partial charge on any atom is 0.107 e. The Hall–Kier alpha value is -1.04. The second-order valence-electron chi connectivity index (χ2n) is 4.33. The van der Waals surface area contributed by atoms with E-state index < -0.39 is 0 Å². The van der Waals surface area contributed by atoms with Gasteiger partial charge in [-0.05, 0) is 49.1 Å². The number of hydrogen-bond acceptors (Lipinski definition) is 3. The van der Waals surface area contributed by atoms with E-state index in [0.29, 0.717) is 4.99 Å². The first-order valence-electron chi connectivity index (χ1n) is 6.03. The van der Waals surface area contributed by atoms with Gasteiger partial charge >= 0.3 is 0 Å². The highest BCUT2D eigenvalue weighted by atomic mass is 79.9. The van der Waals surface area contributed by atoms with Crippen molar-refractivity contribution in [3.05, 3.63) is 52.0 Å². The molecule has 0 bridgehead atoms. The van der Waals surface area contributed by atoms with Crippen molar-refractivity contribution in [2.45, 2.75) is 11.8 Å². The number of nitrogens with two attached hydrogens (primary N) is 1. The summed E-state index contributed by atoms with van der Waals surface area (Å²) in [5.74, 6) is 0. The Labute approximate surface area is 137 Å². The highest BCUT2D eigenvalue weighted by Gasteiger charge is 2.11. The fourth-order valence-corrected chi connectivity index (χ4v) is 3.37. The average Bonchev–Trinajstić information content (AvgIpc) is 2.41. The number of anilines is 2. The van der Waals surface area contributed by atoms with E-state index >= 15 is 0 Å². The molecule has 20 heavy (non-hydrogen) atoms. The normalized spacial score (nSPS) is 10.3. The van der Waals surface area contributed by atoms with Gasteiger partial charge in [-0.2, -0.15) is 0 Å². The van der Waals surface area contributed by atoms with E-state index in [1.54, 1.807) is 11.8 Å². The lowest BCUT2D eigenvalue weighted by atomic mass is 10.1. The Kier molecular flexibility index (Phi) is 5.07. The minimum absolute atomic E-state index is 0.409. The highest BCUT2D eigenvalue weighted by Crippen LogP contribution is 2.31. The summed E-state index contributed by atoms with van der Waals surface area (Å²) in [6.07, 6.45) is 2.02. The van der Waals surface area contributed by atoms with Crippen molar-refractivity contribution in [2.75, 3.05) is 11.6 Å². The Balaban J connectivity index is 2.45. The number of benzene rings is 2. The molecule has 0 amide bonds. The Morgan fingerprint density at radius 3 is 2.60 bits per heavy atom. The van der Waals surface area contributed by atoms with Crippen molar-refractivity contribution < 1.29 is 0 Å². The monoisotopic (exact) mass is 366 g/mol. The van der Waals surface area contributed by atoms with Crippen LogP contribution in [0.25, 0.3) is 0 Å². The fraction of sp³-hybridized carbons (Fsp3) is 0.133. The molecule has 0 saturated heterocycles. The van der Waals surface area contributed by atoms with Gasteiger partial charge in [-0.15, -0.1) is 11.8 Å². The first kappa shape index (κ1) is 15.4. The van der Waals surface area contributed by atoms with Gasteiger partial charge in [-0.3, -0.25) is 0 Å². The first-order chi connectivity index (χ1) is 9.52. The molecule has 0 aliphatic carbocycles. The van der Waals surface area contributed by atoms with Crippen LogP contribution in [-0.4, -0.2) is 11.2 Å². The molecule has 0 fully saturated rings. The molecule has 0 saturated carbocycles. The van der Waals surface area contributed by atoms with Crippen LogP contribution < -0.4 is 11.1 Å². The Bertz CT molecular complexity index is 656. The van der Waals surface area contributed by atoms with E-state index in [2.05, 4.69) is 34.2 Å². The van der Waals surface area contributed by atoms with Gasteiger partial charge in [0.05, 0.1) is 0 Å². The molecule has 104 valence electrons. The number of thiocarbonyl (C=S) groups is 1. The smallest absolute Gasteiger partial charge is 0.107 e. The lowest BCUT2D eigenvalue weighted by Gasteiger charge is -2.16. The van der Waals surface area contributed by atoms with Crippen molar-refractivity contribution in [1.82, 2.24) is 0 Å². The first-order valence-corrected chi connectivity index (χ1v) is 8.45. The Morgan fingerprint density at radius 1 is 1.25 bits per heavy atom. The predicted octanol–water partition coefficient (Wildman–Crippen LogP) is 4.86. The largest absolute Gasteiger partial charge is 0.389 e. The molecule has 0 atom stereocenters. The molecule has 0 aliphatic heterocycles. The number of rotatable bonds is 4. The van der Waals surface area contributed by atoms with Crippen LogP contribution in [0, 0.1) is 6.92 Å². The lowest BCUT2D eigenvalue weighted by molar-refractivity contribution is 1.37. The predicted molar refractivity (Wildman–Crippen MR) is 96.3 cm³/mol. The SMILES string of the molecule is CSc1cccc(Nc2ccc(Br)cc2C)c1C(N)=S. The summed E-state index contributed by atoms with van der Waals surface area (Å²) >= 11 is 10.3. The van der Waals surface area contributed by atoms with Crippen LogP contribution >= 0.6 is 39.9 Å². The third kappa shape index (κ3) is 3.34. The molecule has 2 nitrogen and oxygen atoms in total. The zero-order valence-electron chi connectivity index (χ0n) is 11.2. The second kappa shape index (κ2) is 6.61. The van der Waals surface area contributed by atoms with Crippen molar-refractivity contribution >= 4 is 56.3 Å². The summed E-state index contributed by atoms with van der Waals surface area (Å²) in [7, 11) is 0. The van der Waals surface area contributed by atoms with Crippen molar-refractivity contribution in [3.63, 3.8) is 0 Å². The Morgan fingerprint density at radius 2 is 2.00 bits per heavy atom. The van der Waals surface area contributed by atoms with Crippen molar-refractivity contribution in [1.29, 1.82) is 0 Å². The van der Waals surface area contributed by atoms with E-state index in [1.807, 2.05) is 36.6 Å². The highest BCUT2D eigenvalue weighted by molar-refractivity contribution is 9.10. The summed E-state index contributed by atoms with van der Waals surface area (Å²) in [6, 6.07) is 12.1. The molecule has 0 unspecified atom stereocenters. The maximum absolute atomic E-state index is 5.88. The molecule has 2 aromatic rings. The van der Waals surface area contributed by atoms with Crippen molar-refractivity contribution in [2.24, 2.45) is 5.73 Å². The number of nitrogens with one attached hydrogen (secondary N) is 1. The minimum Gasteiger partial charge on any atom is -0.389 e. The quantitative estimate of drug-likeness (QED) is 0.598. The number of hydrogen-bond donors (Lipinski definition) is 2. The molecule has 2 rings (SSSR count).